The minimum Gasteiger partial charge on any atom is -0.497 e. The van der Waals surface area contributed by atoms with Gasteiger partial charge in [-0.3, -0.25) is 9.59 Å². The van der Waals surface area contributed by atoms with Crippen molar-refractivity contribution in [3.8, 4) is 5.75 Å². The molecule has 0 radical (unpaired) electrons. The molecule has 0 heterocycles. The van der Waals surface area contributed by atoms with Gasteiger partial charge in [-0.15, -0.1) is 11.8 Å². The molecule has 0 saturated carbocycles. The van der Waals surface area contributed by atoms with Gasteiger partial charge in [-0.2, -0.15) is 0 Å². The molecule has 0 bridgehead atoms. The van der Waals surface area contributed by atoms with E-state index in [4.69, 9.17) is 9.47 Å². The monoisotopic (exact) mass is 312 g/mol. The fraction of sp³-hybridized carbons (Fsp3) is 0.467. The SMILES string of the molecule is CCOC(=O)C(SCCC(=O)OC)c1ccc(OC)cc1. The largest absolute Gasteiger partial charge is 0.497 e. The van der Waals surface area contributed by atoms with E-state index in [-0.39, 0.29) is 18.4 Å². The van der Waals surface area contributed by atoms with Crippen LogP contribution in [0, 0.1) is 0 Å². The van der Waals surface area contributed by atoms with Crippen molar-refractivity contribution in [1.82, 2.24) is 0 Å². The molecule has 0 spiro atoms. The van der Waals surface area contributed by atoms with Gasteiger partial charge in [0.15, 0.2) is 0 Å². The number of carbonyl (C=O) groups is 2. The number of ether oxygens (including phenoxy) is 3. The van der Waals surface area contributed by atoms with E-state index in [2.05, 4.69) is 4.74 Å². The average Bonchev–Trinajstić information content (AvgIpc) is 2.51. The Bertz CT molecular complexity index is 458. The van der Waals surface area contributed by atoms with Crippen molar-refractivity contribution in [2.24, 2.45) is 0 Å². The Kier molecular flexibility index (Phi) is 7.68. The van der Waals surface area contributed by atoms with E-state index >= 15 is 0 Å². The van der Waals surface area contributed by atoms with Crippen molar-refractivity contribution in [3.63, 3.8) is 0 Å². The summed E-state index contributed by atoms with van der Waals surface area (Å²) in [6, 6.07) is 7.24. The fourth-order valence-electron chi connectivity index (χ4n) is 1.66. The maximum atomic E-state index is 12.1. The van der Waals surface area contributed by atoms with Crippen LogP contribution >= 0.6 is 11.8 Å². The molecule has 0 saturated heterocycles. The fourth-order valence-corrected chi connectivity index (χ4v) is 2.73. The summed E-state index contributed by atoms with van der Waals surface area (Å²) in [5, 5.41) is -0.458. The lowest BCUT2D eigenvalue weighted by Gasteiger charge is -2.15. The lowest BCUT2D eigenvalue weighted by atomic mass is 10.1. The van der Waals surface area contributed by atoms with Crippen LogP contribution in [0.15, 0.2) is 24.3 Å². The molecular formula is C15H20O5S. The predicted octanol–water partition coefficient (Wildman–Crippen LogP) is 2.60. The first-order valence-electron chi connectivity index (χ1n) is 6.61. The van der Waals surface area contributed by atoms with Crippen molar-refractivity contribution in [1.29, 1.82) is 0 Å². The van der Waals surface area contributed by atoms with Crippen molar-refractivity contribution < 1.29 is 23.8 Å². The van der Waals surface area contributed by atoms with E-state index in [1.807, 2.05) is 12.1 Å². The normalized spacial score (nSPS) is 11.6. The van der Waals surface area contributed by atoms with Gasteiger partial charge in [0.05, 0.1) is 27.2 Å². The molecule has 0 N–H and O–H groups in total. The highest BCUT2D eigenvalue weighted by Crippen LogP contribution is 2.31. The molecule has 1 unspecified atom stereocenters. The van der Waals surface area contributed by atoms with Crippen molar-refractivity contribution >= 4 is 23.7 Å². The molecule has 0 aliphatic rings. The molecule has 0 fully saturated rings. The van der Waals surface area contributed by atoms with Crippen molar-refractivity contribution in [2.75, 3.05) is 26.6 Å². The van der Waals surface area contributed by atoms with Crippen LogP contribution in [0.3, 0.4) is 0 Å². The molecule has 0 amide bonds. The van der Waals surface area contributed by atoms with Gasteiger partial charge in [0.1, 0.15) is 11.0 Å². The van der Waals surface area contributed by atoms with Gasteiger partial charge in [0.25, 0.3) is 0 Å². The van der Waals surface area contributed by atoms with Crippen LogP contribution in [0.1, 0.15) is 24.2 Å². The average molecular weight is 312 g/mol. The van der Waals surface area contributed by atoms with Gasteiger partial charge in [-0.25, -0.2) is 0 Å². The quantitative estimate of drug-likeness (QED) is 0.688. The van der Waals surface area contributed by atoms with E-state index in [1.54, 1.807) is 26.2 Å². The first-order valence-corrected chi connectivity index (χ1v) is 7.66. The highest BCUT2D eigenvalue weighted by Gasteiger charge is 2.22. The van der Waals surface area contributed by atoms with E-state index in [0.717, 1.165) is 11.3 Å². The van der Waals surface area contributed by atoms with Gasteiger partial charge in [-0.1, -0.05) is 12.1 Å². The number of benzene rings is 1. The lowest BCUT2D eigenvalue weighted by molar-refractivity contribution is -0.143. The Labute approximate surface area is 129 Å². The van der Waals surface area contributed by atoms with E-state index in [0.29, 0.717) is 12.4 Å². The Hall–Kier alpha value is -1.69. The van der Waals surface area contributed by atoms with Crippen LogP contribution in [-0.4, -0.2) is 38.5 Å². The van der Waals surface area contributed by atoms with Crippen molar-refractivity contribution in [3.05, 3.63) is 29.8 Å². The molecule has 0 aliphatic carbocycles. The second-order valence-corrected chi connectivity index (χ2v) is 5.32. The Morgan fingerprint density at radius 2 is 1.86 bits per heavy atom. The standard InChI is InChI=1S/C15H20O5S/c1-4-20-15(17)14(21-10-9-13(16)19-3)11-5-7-12(18-2)8-6-11/h5-8,14H,4,9-10H2,1-3H3. The Balaban J connectivity index is 2.75. The van der Waals surface area contributed by atoms with E-state index in [9.17, 15) is 9.59 Å². The van der Waals surface area contributed by atoms with Gasteiger partial charge in [0, 0.05) is 5.75 Å². The number of thioether (sulfide) groups is 1. The molecule has 1 atom stereocenters. The molecule has 1 aromatic carbocycles. The minimum absolute atomic E-state index is 0.257. The molecule has 5 nitrogen and oxygen atoms in total. The maximum Gasteiger partial charge on any atom is 0.323 e. The van der Waals surface area contributed by atoms with Gasteiger partial charge >= 0.3 is 11.9 Å². The highest BCUT2D eigenvalue weighted by atomic mass is 32.2. The van der Waals surface area contributed by atoms with Crippen LogP contribution in [0.4, 0.5) is 0 Å². The molecule has 21 heavy (non-hydrogen) atoms. The molecule has 0 aliphatic heterocycles. The molecular weight excluding hydrogens is 292 g/mol. The van der Waals surface area contributed by atoms with Crippen LogP contribution in [0.5, 0.6) is 5.75 Å². The zero-order valence-electron chi connectivity index (χ0n) is 12.5. The summed E-state index contributed by atoms with van der Waals surface area (Å²) >= 11 is 1.36. The summed E-state index contributed by atoms with van der Waals surface area (Å²) in [6.45, 7) is 2.09. The molecule has 0 aromatic heterocycles. The summed E-state index contributed by atoms with van der Waals surface area (Å²) in [5.74, 6) is 0.612. The molecule has 6 heteroatoms. The number of methoxy groups -OCH3 is 2. The van der Waals surface area contributed by atoms with Gasteiger partial charge < -0.3 is 14.2 Å². The first kappa shape index (κ1) is 17.4. The summed E-state index contributed by atoms with van der Waals surface area (Å²) < 4.78 is 14.8. The van der Waals surface area contributed by atoms with Crippen LogP contribution in [0.25, 0.3) is 0 Å². The smallest absolute Gasteiger partial charge is 0.323 e. The van der Waals surface area contributed by atoms with Gasteiger partial charge in [-0.05, 0) is 24.6 Å². The Morgan fingerprint density at radius 3 is 2.38 bits per heavy atom. The number of hydrogen-bond donors (Lipinski definition) is 0. The third-order valence-corrected chi connectivity index (χ3v) is 3.98. The van der Waals surface area contributed by atoms with Crippen LogP contribution in [-0.2, 0) is 19.1 Å². The number of hydrogen-bond acceptors (Lipinski definition) is 6. The van der Waals surface area contributed by atoms with E-state index in [1.165, 1.54) is 18.9 Å². The van der Waals surface area contributed by atoms with E-state index < -0.39 is 5.25 Å². The van der Waals surface area contributed by atoms with Crippen LogP contribution in [0.2, 0.25) is 0 Å². The number of carbonyl (C=O) groups excluding carboxylic acids is 2. The van der Waals surface area contributed by atoms with Crippen molar-refractivity contribution in [2.45, 2.75) is 18.6 Å². The zero-order chi connectivity index (χ0) is 15.7. The number of esters is 2. The van der Waals surface area contributed by atoms with Crippen LogP contribution < -0.4 is 4.74 Å². The summed E-state index contributed by atoms with van der Waals surface area (Å²) in [7, 11) is 2.93. The van der Waals surface area contributed by atoms with Gasteiger partial charge in [0.2, 0.25) is 0 Å². The second-order valence-electron chi connectivity index (χ2n) is 4.10. The third kappa shape index (κ3) is 5.67. The summed E-state index contributed by atoms with van der Waals surface area (Å²) in [5.41, 5.74) is 0.823. The first-order chi connectivity index (χ1) is 10.1. The molecule has 1 aromatic rings. The Morgan fingerprint density at radius 1 is 1.19 bits per heavy atom. The zero-order valence-corrected chi connectivity index (χ0v) is 13.3. The third-order valence-electron chi connectivity index (χ3n) is 2.74. The maximum absolute atomic E-state index is 12.1. The summed E-state index contributed by atoms with van der Waals surface area (Å²) in [4.78, 5) is 23.2. The molecule has 116 valence electrons. The second kappa shape index (κ2) is 9.28. The molecule has 1 rings (SSSR count). The minimum atomic E-state index is -0.458. The lowest BCUT2D eigenvalue weighted by Crippen LogP contribution is -2.14. The topological polar surface area (TPSA) is 61.8 Å². The predicted molar refractivity (Wildman–Crippen MR) is 81.5 cm³/mol. The highest BCUT2D eigenvalue weighted by molar-refractivity contribution is 8.00. The number of rotatable bonds is 8. The summed E-state index contributed by atoms with van der Waals surface area (Å²) in [6.07, 6.45) is 0.257.